The molecule has 2 atom stereocenters. The van der Waals surface area contributed by atoms with Gasteiger partial charge in [-0.3, -0.25) is 14.6 Å². The zero-order chi connectivity index (χ0) is 17.0. The van der Waals surface area contributed by atoms with Crippen molar-refractivity contribution < 1.29 is 9.59 Å². The fourth-order valence-corrected chi connectivity index (χ4v) is 3.22. The minimum Gasteiger partial charge on any atom is -0.326 e. The second kappa shape index (κ2) is 8.04. The highest BCUT2D eigenvalue weighted by molar-refractivity contribution is 8.15. The van der Waals surface area contributed by atoms with Gasteiger partial charge in [0.15, 0.2) is 5.17 Å². The van der Waals surface area contributed by atoms with Crippen molar-refractivity contribution in [2.75, 3.05) is 5.32 Å². The fourth-order valence-electron chi connectivity index (χ4n) is 1.85. The molecule has 0 aromatic heterocycles. The molecule has 0 radical (unpaired) electrons. The van der Waals surface area contributed by atoms with E-state index in [1.807, 2.05) is 13.8 Å². The van der Waals surface area contributed by atoms with Crippen LogP contribution in [0, 0.1) is 0 Å². The molecule has 1 aliphatic rings. The lowest BCUT2D eigenvalue weighted by molar-refractivity contribution is -0.122. The molecule has 2 rings (SSSR count). The topological polar surface area (TPSA) is 70.6 Å². The van der Waals surface area contributed by atoms with Crippen molar-refractivity contribution in [3.63, 3.8) is 0 Å². The molecule has 1 saturated heterocycles. The molecule has 1 aromatic rings. The molecule has 1 fully saturated rings. The van der Waals surface area contributed by atoms with E-state index in [0.717, 1.165) is 6.42 Å². The first-order chi connectivity index (χ1) is 10.9. The Labute approximate surface area is 149 Å². The van der Waals surface area contributed by atoms with Crippen molar-refractivity contribution in [2.45, 2.75) is 38.0 Å². The standard InChI is InChI=1S/C15H17Cl2N3O2S/c1-3-8(2)18-15-20-14(22)12(23-15)7-13(21)19-9-4-5-10(16)11(17)6-9/h4-6,8,12H,3,7H2,1-2H3,(H,19,21)(H,18,20,22)/t8-,12+/m0/s1. The van der Waals surface area contributed by atoms with Crippen LogP contribution in [-0.2, 0) is 9.59 Å². The highest BCUT2D eigenvalue weighted by Crippen LogP contribution is 2.26. The summed E-state index contributed by atoms with van der Waals surface area (Å²) in [5, 5.41) is 6.31. The Bertz CT molecular complexity index is 652. The van der Waals surface area contributed by atoms with E-state index in [-0.39, 0.29) is 24.3 Å². The second-order valence-corrected chi connectivity index (χ2v) is 7.17. The number of nitrogens with zero attached hydrogens (tertiary/aromatic N) is 1. The van der Waals surface area contributed by atoms with Gasteiger partial charge in [0, 0.05) is 18.2 Å². The first kappa shape index (κ1) is 18.1. The summed E-state index contributed by atoms with van der Waals surface area (Å²) in [6.45, 7) is 4.00. The zero-order valence-corrected chi connectivity index (χ0v) is 15.1. The molecule has 0 saturated carbocycles. The summed E-state index contributed by atoms with van der Waals surface area (Å²) in [4.78, 5) is 28.4. The van der Waals surface area contributed by atoms with Crippen molar-refractivity contribution in [3.05, 3.63) is 28.2 Å². The number of carbonyl (C=O) groups excluding carboxylic acids is 2. The molecule has 1 heterocycles. The van der Waals surface area contributed by atoms with Crippen molar-refractivity contribution in [1.29, 1.82) is 0 Å². The average Bonchev–Trinajstić information content (AvgIpc) is 2.82. The summed E-state index contributed by atoms with van der Waals surface area (Å²) in [5.74, 6) is -0.456. The quantitative estimate of drug-likeness (QED) is 0.826. The minimum atomic E-state index is -0.472. The van der Waals surface area contributed by atoms with Crippen molar-refractivity contribution in [1.82, 2.24) is 5.32 Å². The summed E-state index contributed by atoms with van der Waals surface area (Å²) in [7, 11) is 0. The third-order valence-electron chi connectivity index (χ3n) is 3.28. The molecule has 0 aliphatic carbocycles. The molecule has 1 aliphatic heterocycles. The van der Waals surface area contributed by atoms with Crippen molar-refractivity contribution >= 4 is 57.6 Å². The number of anilines is 1. The number of thioether (sulfide) groups is 1. The van der Waals surface area contributed by atoms with E-state index in [4.69, 9.17) is 23.2 Å². The van der Waals surface area contributed by atoms with Crippen LogP contribution < -0.4 is 10.6 Å². The Morgan fingerprint density at radius 2 is 2.17 bits per heavy atom. The Balaban J connectivity index is 1.94. The van der Waals surface area contributed by atoms with Crippen LogP contribution in [0.3, 0.4) is 0 Å². The van der Waals surface area contributed by atoms with Gasteiger partial charge in [-0.25, -0.2) is 0 Å². The first-order valence-corrected chi connectivity index (χ1v) is 8.82. The Kier molecular flexibility index (Phi) is 6.33. The van der Waals surface area contributed by atoms with Gasteiger partial charge in [0.1, 0.15) is 5.25 Å². The van der Waals surface area contributed by atoms with Crippen LogP contribution in [0.15, 0.2) is 23.2 Å². The van der Waals surface area contributed by atoms with Gasteiger partial charge in [-0.2, -0.15) is 0 Å². The minimum absolute atomic E-state index is 0.0657. The Morgan fingerprint density at radius 1 is 1.43 bits per heavy atom. The maximum Gasteiger partial charge on any atom is 0.240 e. The van der Waals surface area contributed by atoms with Gasteiger partial charge >= 0.3 is 0 Å². The number of amidine groups is 1. The maximum absolute atomic E-state index is 12.1. The lowest BCUT2D eigenvalue weighted by Gasteiger charge is -2.08. The van der Waals surface area contributed by atoms with Gasteiger partial charge in [0.05, 0.1) is 10.0 Å². The average molecular weight is 374 g/mol. The van der Waals surface area contributed by atoms with Crippen LogP contribution >= 0.6 is 35.0 Å². The highest BCUT2D eigenvalue weighted by Gasteiger charge is 2.32. The van der Waals surface area contributed by atoms with Crippen LogP contribution in [0.2, 0.25) is 10.0 Å². The Morgan fingerprint density at radius 3 is 2.83 bits per heavy atom. The summed E-state index contributed by atoms with van der Waals surface area (Å²) in [6, 6.07) is 4.97. The number of benzene rings is 1. The van der Waals surface area contributed by atoms with Crippen molar-refractivity contribution in [3.8, 4) is 0 Å². The third kappa shape index (κ3) is 5.12. The molecule has 2 N–H and O–H groups in total. The van der Waals surface area contributed by atoms with Gasteiger partial charge in [0.2, 0.25) is 11.8 Å². The van der Waals surface area contributed by atoms with E-state index in [0.29, 0.717) is 20.9 Å². The number of carbonyl (C=O) groups is 2. The molecule has 0 unspecified atom stereocenters. The highest BCUT2D eigenvalue weighted by atomic mass is 35.5. The number of halogens is 2. The zero-order valence-electron chi connectivity index (χ0n) is 12.7. The van der Waals surface area contributed by atoms with E-state index < -0.39 is 5.25 Å². The van der Waals surface area contributed by atoms with Crippen LogP contribution in [0.25, 0.3) is 0 Å². The molecule has 8 heteroatoms. The fraction of sp³-hybridized carbons (Fsp3) is 0.400. The molecule has 23 heavy (non-hydrogen) atoms. The van der Waals surface area contributed by atoms with E-state index in [2.05, 4.69) is 15.6 Å². The molecule has 2 amide bonds. The van der Waals surface area contributed by atoms with Crippen molar-refractivity contribution in [2.24, 2.45) is 4.99 Å². The molecular weight excluding hydrogens is 357 g/mol. The third-order valence-corrected chi connectivity index (χ3v) is 5.11. The monoisotopic (exact) mass is 373 g/mol. The van der Waals surface area contributed by atoms with E-state index >= 15 is 0 Å². The summed E-state index contributed by atoms with van der Waals surface area (Å²) in [5.41, 5.74) is 0.543. The van der Waals surface area contributed by atoms with Gasteiger partial charge < -0.3 is 10.6 Å². The predicted molar refractivity (Wildman–Crippen MR) is 96.4 cm³/mol. The summed E-state index contributed by atoms with van der Waals surface area (Å²) in [6.07, 6.45) is 0.957. The number of amides is 2. The molecule has 124 valence electrons. The molecule has 1 aromatic carbocycles. The van der Waals surface area contributed by atoms with Crippen LogP contribution in [0.4, 0.5) is 5.69 Å². The number of aliphatic imine (C=N–C) groups is 1. The van der Waals surface area contributed by atoms with Crippen LogP contribution in [0.1, 0.15) is 26.7 Å². The van der Waals surface area contributed by atoms with Gasteiger partial charge in [-0.15, -0.1) is 0 Å². The molecule has 0 spiro atoms. The molecule has 5 nitrogen and oxygen atoms in total. The lowest BCUT2D eigenvalue weighted by Crippen LogP contribution is -2.28. The summed E-state index contributed by atoms with van der Waals surface area (Å²) >= 11 is 13.0. The van der Waals surface area contributed by atoms with E-state index in [1.54, 1.807) is 18.2 Å². The number of hydrogen-bond acceptors (Lipinski definition) is 4. The SMILES string of the molecule is CC[C@H](C)N=C1NC(=O)[C@@H](CC(=O)Nc2ccc(Cl)c(Cl)c2)S1. The molecule has 0 bridgehead atoms. The van der Waals surface area contributed by atoms with Gasteiger partial charge in [0.25, 0.3) is 0 Å². The largest absolute Gasteiger partial charge is 0.326 e. The van der Waals surface area contributed by atoms with Gasteiger partial charge in [-0.1, -0.05) is 41.9 Å². The number of hydrogen-bond donors (Lipinski definition) is 2. The van der Waals surface area contributed by atoms with Gasteiger partial charge in [-0.05, 0) is 31.5 Å². The summed E-state index contributed by atoms with van der Waals surface area (Å²) < 4.78 is 0. The van der Waals surface area contributed by atoms with Crippen LogP contribution in [-0.4, -0.2) is 28.3 Å². The normalized spacial score (nSPS) is 20.4. The number of rotatable bonds is 5. The molecular formula is C15H17Cl2N3O2S. The predicted octanol–water partition coefficient (Wildman–Crippen LogP) is 3.71. The smallest absolute Gasteiger partial charge is 0.240 e. The Hall–Kier alpha value is -1.24. The maximum atomic E-state index is 12.1. The van der Waals surface area contributed by atoms with Crippen LogP contribution in [0.5, 0.6) is 0 Å². The lowest BCUT2D eigenvalue weighted by atomic mass is 10.2. The second-order valence-electron chi connectivity index (χ2n) is 5.17. The first-order valence-electron chi connectivity index (χ1n) is 7.19. The van der Waals surface area contributed by atoms with E-state index in [1.165, 1.54) is 11.8 Å². The van der Waals surface area contributed by atoms with E-state index in [9.17, 15) is 9.59 Å². The number of nitrogens with one attached hydrogen (secondary N) is 2.